The first kappa shape index (κ1) is 19.8. The fraction of sp³-hybridized carbons (Fsp3) is 0.261. The lowest BCUT2D eigenvalue weighted by Gasteiger charge is -2.28. The van der Waals surface area contributed by atoms with Crippen LogP contribution in [0.1, 0.15) is 12.6 Å². The third-order valence-corrected chi connectivity index (χ3v) is 5.58. The van der Waals surface area contributed by atoms with E-state index in [4.69, 9.17) is 21.1 Å². The van der Waals surface area contributed by atoms with E-state index in [1.54, 1.807) is 6.20 Å². The Morgan fingerprint density at radius 2 is 1.90 bits per heavy atom. The molecule has 1 aromatic carbocycles. The van der Waals surface area contributed by atoms with Gasteiger partial charge in [0.05, 0.1) is 35.6 Å². The van der Waals surface area contributed by atoms with Gasteiger partial charge in [-0.1, -0.05) is 30.7 Å². The zero-order chi connectivity index (χ0) is 21.2. The number of imidazole rings is 1. The number of aryl methyl sites for hydroxylation is 1. The predicted molar refractivity (Wildman–Crippen MR) is 121 cm³/mol. The minimum atomic E-state index is 0.351. The topological polar surface area (TPSA) is 76.2 Å². The van der Waals surface area contributed by atoms with Gasteiger partial charge in [-0.25, -0.2) is 4.98 Å². The average Bonchev–Trinajstić information content (AvgIpc) is 3.20. The van der Waals surface area contributed by atoms with Crippen LogP contribution in [-0.4, -0.2) is 46.2 Å². The molecule has 1 aliphatic rings. The van der Waals surface area contributed by atoms with Crippen LogP contribution in [0.4, 0.5) is 5.69 Å². The van der Waals surface area contributed by atoms with Gasteiger partial charge in [-0.2, -0.15) is 4.98 Å². The van der Waals surface area contributed by atoms with Gasteiger partial charge in [0.1, 0.15) is 5.75 Å². The Hall–Kier alpha value is -3.16. The van der Waals surface area contributed by atoms with Crippen LogP contribution in [0.15, 0.2) is 48.7 Å². The molecule has 4 aromatic rings. The molecule has 8 heteroatoms. The SMILES string of the molecule is CCc1ccc(Oc2nc3nc(-c4ccc(N5CCOCC5)cc4)c(Cl)cc3[nH]2)cn1. The molecule has 4 heterocycles. The highest BCUT2D eigenvalue weighted by atomic mass is 35.5. The van der Waals surface area contributed by atoms with Gasteiger partial charge in [0.15, 0.2) is 5.65 Å². The number of nitrogens with one attached hydrogen (secondary N) is 1. The second-order valence-electron chi connectivity index (χ2n) is 7.32. The molecule has 0 amide bonds. The van der Waals surface area contributed by atoms with Crippen LogP contribution in [0, 0.1) is 0 Å². The lowest BCUT2D eigenvalue weighted by molar-refractivity contribution is 0.122. The second-order valence-corrected chi connectivity index (χ2v) is 7.73. The van der Waals surface area contributed by atoms with Gasteiger partial charge < -0.3 is 19.4 Å². The van der Waals surface area contributed by atoms with Crippen LogP contribution < -0.4 is 9.64 Å². The van der Waals surface area contributed by atoms with Crippen molar-refractivity contribution >= 4 is 28.5 Å². The molecule has 0 saturated carbocycles. The molecule has 0 spiro atoms. The first-order valence-electron chi connectivity index (χ1n) is 10.3. The predicted octanol–water partition coefficient (Wildman–Crippen LogP) is 4.86. The summed E-state index contributed by atoms with van der Waals surface area (Å²) in [6.45, 7) is 5.38. The van der Waals surface area contributed by atoms with E-state index in [-0.39, 0.29) is 0 Å². The van der Waals surface area contributed by atoms with Crippen molar-refractivity contribution in [2.75, 3.05) is 31.2 Å². The van der Waals surface area contributed by atoms with Crippen LogP contribution in [0.3, 0.4) is 0 Å². The molecule has 1 N–H and O–H groups in total. The number of H-pyrrole nitrogens is 1. The Morgan fingerprint density at radius 3 is 2.61 bits per heavy atom. The van der Waals surface area contributed by atoms with Gasteiger partial charge in [-0.05, 0) is 36.8 Å². The molecule has 0 atom stereocenters. The number of benzene rings is 1. The van der Waals surface area contributed by atoms with E-state index < -0.39 is 0 Å². The van der Waals surface area contributed by atoms with Crippen LogP contribution in [0.25, 0.3) is 22.4 Å². The van der Waals surface area contributed by atoms with Gasteiger partial charge in [-0.15, -0.1) is 0 Å². The van der Waals surface area contributed by atoms with Crippen molar-refractivity contribution in [2.45, 2.75) is 13.3 Å². The van der Waals surface area contributed by atoms with Crippen LogP contribution >= 0.6 is 11.6 Å². The van der Waals surface area contributed by atoms with Crippen LogP contribution in [0.2, 0.25) is 5.02 Å². The number of morpholine rings is 1. The molecule has 1 fully saturated rings. The van der Waals surface area contributed by atoms with E-state index in [1.807, 2.05) is 30.3 Å². The van der Waals surface area contributed by atoms with E-state index >= 15 is 0 Å². The molecule has 0 bridgehead atoms. The zero-order valence-corrected chi connectivity index (χ0v) is 17.9. The number of hydrogen-bond donors (Lipinski definition) is 1. The number of halogens is 1. The number of aromatic amines is 1. The first-order chi connectivity index (χ1) is 15.2. The highest BCUT2D eigenvalue weighted by Crippen LogP contribution is 2.31. The number of rotatable bonds is 5. The molecule has 3 aromatic heterocycles. The van der Waals surface area contributed by atoms with Crippen molar-refractivity contribution < 1.29 is 9.47 Å². The van der Waals surface area contributed by atoms with Crippen molar-refractivity contribution in [2.24, 2.45) is 0 Å². The summed E-state index contributed by atoms with van der Waals surface area (Å²) >= 11 is 6.54. The van der Waals surface area contributed by atoms with Crippen molar-refractivity contribution in [1.82, 2.24) is 19.9 Å². The summed E-state index contributed by atoms with van der Waals surface area (Å²) in [7, 11) is 0. The quantitative estimate of drug-likeness (QED) is 0.482. The van der Waals surface area contributed by atoms with Crippen molar-refractivity contribution in [1.29, 1.82) is 0 Å². The number of aromatic nitrogens is 4. The first-order valence-corrected chi connectivity index (χ1v) is 10.7. The summed E-state index contributed by atoms with van der Waals surface area (Å²) in [5.41, 5.74) is 5.07. The Morgan fingerprint density at radius 1 is 1.10 bits per heavy atom. The molecule has 0 unspecified atom stereocenters. The van der Waals surface area contributed by atoms with E-state index in [0.717, 1.165) is 44.0 Å². The number of fused-ring (bicyclic) bond motifs is 1. The zero-order valence-electron chi connectivity index (χ0n) is 17.1. The summed E-state index contributed by atoms with van der Waals surface area (Å²) in [5.74, 6) is 0.612. The minimum absolute atomic E-state index is 0.351. The number of ether oxygens (including phenoxy) is 2. The van der Waals surface area contributed by atoms with Crippen molar-refractivity contribution in [3.05, 3.63) is 59.4 Å². The van der Waals surface area contributed by atoms with Crippen LogP contribution in [-0.2, 0) is 11.2 Å². The summed E-state index contributed by atoms with van der Waals surface area (Å²) in [4.78, 5) is 18.9. The van der Waals surface area contributed by atoms with Gasteiger partial charge >= 0.3 is 6.01 Å². The molecular formula is C23H22ClN5O2. The Bertz CT molecular complexity index is 1190. The molecule has 1 saturated heterocycles. The molecular weight excluding hydrogens is 414 g/mol. The molecule has 7 nitrogen and oxygen atoms in total. The molecule has 0 radical (unpaired) electrons. The van der Waals surface area contributed by atoms with Crippen LogP contribution in [0.5, 0.6) is 11.8 Å². The molecule has 158 valence electrons. The highest BCUT2D eigenvalue weighted by molar-refractivity contribution is 6.33. The number of hydrogen-bond acceptors (Lipinski definition) is 6. The normalized spacial score (nSPS) is 14.2. The lowest BCUT2D eigenvalue weighted by Crippen LogP contribution is -2.36. The minimum Gasteiger partial charge on any atom is -0.424 e. The molecule has 1 aliphatic heterocycles. The standard InChI is InChI=1S/C23H22ClN5O2/c1-2-16-5-8-18(14-25-16)31-23-26-20-13-19(24)21(27-22(20)28-23)15-3-6-17(7-4-15)29-9-11-30-12-10-29/h3-8,13-14H,2,9-12H2,1H3,(H,26,27,28). The summed E-state index contributed by atoms with van der Waals surface area (Å²) < 4.78 is 11.2. The van der Waals surface area contributed by atoms with E-state index in [2.05, 4.69) is 43.9 Å². The monoisotopic (exact) mass is 435 g/mol. The molecule has 31 heavy (non-hydrogen) atoms. The second kappa shape index (κ2) is 8.53. The van der Waals surface area contributed by atoms with Gasteiger partial charge in [0, 0.05) is 30.0 Å². The average molecular weight is 436 g/mol. The molecule has 5 rings (SSSR count). The largest absolute Gasteiger partial charge is 0.424 e. The lowest BCUT2D eigenvalue weighted by atomic mass is 10.1. The van der Waals surface area contributed by atoms with E-state index in [1.165, 1.54) is 5.69 Å². The smallest absolute Gasteiger partial charge is 0.301 e. The van der Waals surface area contributed by atoms with Gasteiger partial charge in [0.25, 0.3) is 0 Å². The summed E-state index contributed by atoms with van der Waals surface area (Å²) in [6.07, 6.45) is 2.57. The Balaban J connectivity index is 1.39. The van der Waals surface area contributed by atoms with Crippen molar-refractivity contribution in [3.63, 3.8) is 0 Å². The third-order valence-electron chi connectivity index (χ3n) is 5.30. The Kier molecular flexibility index (Phi) is 5.44. The third kappa shape index (κ3) is 4.19. The van der Waals surface area contributed by atoms with Gasteiger partial charge in [-0.3, -0.25) is 4.98 Å². The van der Waals surface area contributed by atoms with E-state index in [0.29, 0.717) is 33.6 Å². The summed E-state index contributed by atoms with van der Waals surface area (Å²) in [6, 6.07) is 14.2. The fourth-order valence-corrected chi connectivity index (χ4v) is 3.85. The fourth-order valence-electron chi connectivity index (χ4n) is 3.59. The number of anilines is 1. The van der Waals surface area contributed by atoms with E-state index in [9.17, 15) is 0 Å². The molecule has 0 aliphatic carbocycles. The maximum absolute atomic E-state index is 6.54. The highest BCUT2D eigenvalue weighted by Gasteiger charge is 2.15. The summed E-state index contributed by atoms with van der Waals surface area (Å²) in [5, 5.41) is 0.552. The number of pyridine rings is 2. The maximum atomic E-state index is 6.54. The van der Waals surface area contributed by atoms with Gasteiger partial charge in [0.2, 0.25) is 0 Å². The number of nitrogens with zero attached hydrogens (tertiary/aromatic N) is 4. The maximum Gasteiger partial charge on any atom is 0.301 e. The van der Waals surface area contributed by atoms with Crippen molar-refractivity contribution in [3.8, 4) is 23.0 Å². The Labute approximate surface area is 185 Å².